The summed E-state index contributed by atoms with van der Waals surface area (Å²) >= 11 is 0. The van der Waals surface area contributed by atoms with E-state index in [2.05, 4.69) is 16.0 Å². The molecule has 0 aromatic heterocycles. The van der Waals surface area contributed by atoms with Gasteiger partial charge < -0.3 is 16.0 Å². The van der Waals surface area contributed by atoms with Gasteiger partial charge in [-0.1, -0.05) is 56.7 Å². The molecule has 1 aromatic rings. The molecule has 1 aliphatic heterocycles. The number of carbonyl (C=O) groups excluding carboxylic acids is 3. The van der Waals surface area contributed by atoms with Gasteiger partial charge in [0, 0.05) is 12.3 Å². The molecule has 1 aromatic carbocycles. The van der Waals surface area contributed by atoms with Gasteiger partial charge in [-0.05, 0) is 31.0 Å². The van der Waals surface area contributed by atoms with E-state index in [-0.39, 0.29) is 23.6 Å². The van der Waals surface area contributed by atoms with Crippen LogP contribution in [0.3, 0.4) is 0 Å². The SMILES string of the molecule is CCCC1NC(=O)C(Cc2ccccc2)NC(=O)C(C)CC/C=C\NC1=O. The molecule has 0 aliphatic carbocycles. The molecule has 0 fully saturated rings. The van der Waals surface area contributed by atoms with Crippen molar-refractivity contribution in [2.75, 3.05) is 0 Å². The average Bonchev–Trinajstić information content (AvgIpc) is 2.67. The second-order valence-corrected chi connectivity index (χ2v) is 6.99. The summed E-state index contributed by atoms with van der Waals surface area (Å²) in [5.41, 5.74) is 0.952. The van der Waals surface area contributed by atoms with Crippen molar-refractivity contribution in [1.82, 2.24) is 16.0 Å². The summed E-state index contributed by atoms with van der Waals surface area (Å²) in [6.07, 6.45) is 6.44. The van der Waals surface area contributed by atoms with Gasteiger partial charge in [-0.25, -0.2) is 0 Å². The van der Waals surface area contributed by atoms with E-state index in [0.29, 0.717) is 25.7 Å². The van der Waals surface area contributed by atoms with E-state index in [0.717, 1.165) is 12.0 Å². The largest absolute Gasteiger partial charge is 0.344 e. The Hall–Kier alpha value is -2.63. The van der Waals surface area contributed by atoms with Crippen LogP contribution < -0.4 is 16.0 Å². The fourth-order valence-corrected chi connectivity index (χ4v) is 3.01. The summed E-state index contributed by atoms with van der Waals surface area (Å²) in [7, 11) is 0. The molecule has 0 spiro atoms. The molecule has 6 nitrogen and oxygen atoms in total. The first-order chi connectivity index (χ1) is 13.0. The number of hydrogen-bond acceptors (Lipinski definition) is 3. The summed E-state index contributed by atoms with van der Waals surface area (Å²) in [6, 6.07) is 8.20. The van der Waals surface area contributed by atoms with Gasteiger partial charge in [0.1, 0.15) is 12.1 Å². The van der Waals surface area contributed by atoms with Gasteiger partial charge in [-0.2, -0.15) is 0 Å². The molecule has 0 saturated heterocycles. The van der Waals surface area contributed by atoms with Gasteiger partial charge in [0.2, 0.25) is 17.7 Å². The Kier molecular flexibility index (Phi) is 8.04. The molecule has 27 heavy (non-hydrogen) atoms. The predicted molar refractivity (Wildman–Crippen MR) is 105 cm³/mol. The summed E-state index contributed by atoms with van der Waals surface area (Å²) in [4.78, 5) is 37.8. The number of hydrogen-bond donors (Lipinski definition) is 3. The third-order valence-corrected chi connectivity index (χ3v) is 4.68. The molecule has 2 rings (SSSR count). The van der Waals surface area contributed by atoms with Crippen LogP contribution in [-0.4, -0.2) is 29.8 Å². The summed E-state index contributed by atoms with van der Waals surface area (Å²) in [5, 5.41) is 8.41. The van der Waals surface area contributed by atoms with E-state index in [1.807, 2.05) is 50.3 Å². The summed E-state index contributed by atoms with van der Waals surface area (Å²) < 4.78 is 0. The standard InChI is InChI=1S/C21H29N3O3/c1-3-9-17-20(26)22-13-8-7-10-15(2)19(25)24-18(21(27)23-17)14-16-11-5-4-6-12-16/h4-6,8,11-13,15,17-18H,3,7,9-10,14H2,1-2H3,(H,22,26)(H,23,27)(H,24,25)/b13-8-. The lowest BCUT2D eigenvalue weighted by atomic mass is 10.0. The van der Waals surface area contributed by atoms with Crippen LogP contribution >= 0.6 is 0 Å². The normalized spacial score (nSPS) is 25.9. The van der Waals surface area contributed by atoms with E-state index >= 15 is 0 Å². The summed E-state index contributed by atoms with van der Waals surface area (Å²) in [5.74, 6) is -0.941. The molecule has 0 bridgehead atoms. The number of carbonyl (C=O) groups is 3. The monoisotopic (exact) mass is 371 g/mol. The molecule has 3 N–H and O–H groups in total. The molecule has 6 heteroatoms. The smallest absolute Gasteiger partial charge is 0.246 e. The zero-order valence-electron chi connectivity index (χ0n) is 16.0. The molecular formula is C21H29N3O3. The molecule has 3 unspecified atom stereocenters. The van der Waals surface area contributed by atoms with Crippen LogP contribution in [0.5, 0.6) is 0 Å². The Balaban J connectivity index is 2.23. The molecule has 146 valence electrons. The van der Waals surface area contributed by atoms with Crippen LogP contribution in [-0.2, 0) is 20.8 Å². The highest BCUT2D eigenvalue weighted by Crippen LogP contribution is 2.10. The van der Waals surface area contributed by atoms with Gasteiger partial charge in [-0.15, -0.1) is 0 Å². The molecule has 0 radical (unpaired) electrons. The number of nitrogens with one attached hydrogen (secondary N) is 3. The Morgan fingerprint density at radius 1 is 0.963 bits per heavy atom. The van der Waals surface area contributed by atoms with Crippen molar-refractivity contribution in [3.8, 4) is 0 Å². The fraction of sp³-hybridized carbons (Fsp3) is 0.476. The lowest BCUT2D eigenvalue weighted by Gasteiger charge is -2.23. The summed E-state index contributed by atoms with van der Waals surface area (Å²) in [6.45, 7) is 3.81. The van der Waals surface area contributed by atoms with E-state index in [1.165, 1.54) is 0 Å². The van der Waals surface area contributed by atoms with E-state index < -0.39 is 12.1 Å². The Morgan fingerprint density at radius 2 is 1.67 bits per heavy atom. The van der Waals surface area contributed by atoms with Crippen LogP contribution in [0.15, 0.2) is 42.6 Å². The minimum absolute atomic E-state index is 0.148. The minimum Gasteiger partial charge on any atom is -0.344 e. The van der Waals surface area contributed by atoms with Crippen molar-refractivity contribution in [1.29, 1.82) is 0 Å². The maximum absolute atomic E-state index is 12.9. The van der Waals surface area contributed by atoms with E-state index in [4.69, 9.17) is 0 Å². The lowest BCUT2D eigenvalue weighted by Crippen LogP contribution is -2.54. The first kappa shape index (κ1) is 20.7. The van der Waals surface area contributed by atoms with Gasteiger partial charge in [0.25, 0.3) is 0 Å². The quantitative estimate of drug-likeness (QED) is 0.757. The van der Waals surface area contributed by atoms with Crippen LogP contribution in [0.25, 0.3) is 0 Å². The van der Waals surface area contributed by atoms with E-state index in [1.54, 1.807) is 6.20 Å². The zero-order chi connectivity index (χ0) is 19.6. The molecule has 1 heterocycles. The fourth-order valence-electron chi connectivity index (χ4n) is 3.01. The zero-order valence-corrected chi connectivity index (χ0v) is 16.0. The predicted octanol–water partition coefficient (Wildman–Crippen LogP) is 2.06. The van der Waals surface area contributed by atoms with Crippen LogP contribution in [0.1, 0.15) is 45.1 Å². The van der Waals surface area contributed by atoms with E-state index in [9.17, 15) is 14.4 Å². The third kappa shape index (κ3) is 6.55. The molecular weight excluding hydrogens is 342 g/mol. The first-order valence-electron chi connectivity index (χ1n) is 9.61. The van der Waals surface area contributed by atoms with Crippen molar-refractivity contribution >= 4 is 17.7 Å². The lowest BCUT2D eigenvalue weighted by molar-refractivity contribution is -0.133. The van der Waals surface area contributed by atoms with Crippen molar-refractivity contribution in [2.45, 2.75) is 58.0 Å². The Bertz CT molecular complexity index is 673. The highest BCUT2D eigenvalue weighted by molar-refractivity contribution is 5.92. The number of allylic oxidation sites excluding steroid dienone is 1. The van der Waals surface area contributed by atoms with Gasteiger partial charge >= 0.3 is 0 Å². The highest BCUT2D eigenvalue weighted by Gasteiger charge is 2.27. The van der Waals surface area contributed by atoms with Crippen molar-refractivity contribution < 1.29 is 14.4 Å². The third-order valence-electron chi connectivity index (χ3n) is 4.68. The minimum atomic E-state index is -0.719. The van der Waals surface area contributed by atoms with Gasteiger partial charge in [-0.3, -0.25) is 14.4 Å². The average molecular weight is 371 g/mol. The van der Waals surface area contributed by atoms with Crippen molar-refractivity contribution in [3.63, 3.8) is 0 Å². The van der Waals surface area contributed by atoms with Gasteiger partial charge in [0.05, 0.1) is 0 Å². The molecule has 1 aliphatic rings. The second-order valence-electron chi connectivity index (χ2n) is 6.99. The maximum Gasteiger partial charge on any atom is 0.246 e. The number of rotatable bonds is 4. The number of amides is 3. The topological polar surface area (TPSA) is 87.3 Å². The molecule has 3 amide bonds. The van der Waals surface area contributed by atoms with Crippen molar-refractivity contribution in [3.05, 3.63) is 48.2 Å². The molecule has 0 saturated carbocycles. The van der Waals surface area contributed by atoms with Crippen molar-refractivity contribution in [2.24, 2.45) is 5.92 Å². The van der Waals surface area contributed by atoms with Gasteiger partial charge in [0.15, 0.2) is 0 Å². The first-order valence-corrected chi connectivity index (χ1v) is 9.61. The Morgan fingerprint density at radius 3 is 2.37 bits per heavy atom. The van der Waals surface area contributed by atoms with Crippen LogP contribution in [0.2, 0.25) is 0 Å². The Labute approximate surface area is 160 Å². The maximum atomic E-state index is 12.9. The van der Waals surface area contributed by atoms with Crippen LogP contribution in [0.4, 0.5) is 0 Å². The van der Waals surface area contributed by atoms with Crippen LogP contribution in [0, 0.1) is 5.92 Å². The highest BCUT2D eigenvalue weighted by atomic mass is 16.2. The molecule has 3 atom stereocenters. The number of benzene rings is 1. The second kappa shape index (κ2) is 10.5.